The van der Waals surface area contributed by atoms with Gasteiger partial charge in [0.1, 0.15) is 22.8 Å². The zero-order valence-electron chi connectivity index (χ0n) is 20.1. The molecule has 0 unspecified atom stereocenters. The zero-order chi connectivity index (χ0) is 26.2. The summed E-state index contributed by atoms with van der Waals surface area (Å²) in [5, 5.41) is 8.56. The van der Waals surface area contributed by atoms with Gasteiger partial charge in [0.2, 0.25) is 5.88 Å². The van der Waals surface area contributed by atoms with E-state index in [9.17, 15) is 17.6 Å². The van der Waals surface area contributed by atoms with Crippen LogP contribution in [-0.2, 0) is 0 Å². The third-order valence-electron chi connectivity index (χ3n) is 3.53. The number of aromatic nitrogens is 6. The minimum absolute atomic E-state index is 0. The summed E-state index contributed by atoms with van der Waals surface area (Å²) in [6, 6.07) is 3.28. The van der Waals surface area contributed by atoms with E-state index in [1.807, 2.05) is 0 Å². The third kappa shape index (κ3) is 11.2. The number of rotatable bonds is 4. The number of alkyl halides is 4. The molecule has 1 N–H and O–H groups in total. The molecule has 0 saturated heterocycles. The summed E-state index contributed by atoms with van der Waals surface area (Å²) in [6.07, 6.45) is 5.70. The van der Waals surface area contributed by atoms with E-state index in [2.05, 4.69) is 29.9 Å². The number of aliphatic hydroxyl groups excluding tert-OH is 1. The van der Waals surface area contributed by atoms with Crippen LogP contribution in [0.5, 0.6) is 5.88 Å². The molecule has 4 aromatic heterocycles. The molecule has 4 heterocycles. The first kappa shape index (κ1) is 32.4. The Kier molecular flexibility index (Phi) is 12.9. The first-order valence-electron chi connectivity index (χ1n) is 9.48. The van der Waals surface area contributed by atoms with Crippen molar-refractivity contribution in [2.24, 2.45) is 0 Å². The molecule has 36 heavy (non-hydrogen) atoms. The molecule has 0 aliphatic rings. The molecule has 0 aromatic carbocycles. The molecule has 0 amide bonds. The average molecular weight is 580 g/mol. The molecule has 0 aliphatic heterocycles. The first-order valence-corrected chi connectivity index (χ1v) is 10.6. The van der Waals surface area contributed by atoms with Crippen LogP contribution < -0.4 is 34.3 Å². The molecule has 190 valence electrons. The van der Waals surface area contributed by atoms with E-state index in [0.717, 1.165) is 6.92 Å². The number of aliphatic hydroxyl groups is 1. The Hall–Kier alpha value is -1.67. The summed E-state index contributed by atoms with van der Waals surface area (Å²) in [4.78, 5) is 23.6. The molecule has 0 aliphatic carbocycles. The number of halogens is 7. The second-order valence-corrected chi connectivity index (χ2v) is 8.03. The maximum atomic E-state index is 12.6. The van der Waals surface area contributed by atoms with E-state index in [1.54, 1.807) is 18.3 Å². The largest absolute Gasteiger partial charge is 1.00 e. The van der Waals surface area contributed by atoms with Crippen LogP contribution in [0, 0.1) is 0 Å². The van der Waals surface area contributed by atoms with Crippen molar-refractivity contribution in [2.45, 2.75) is 25.7 Å². The fourth-order valence-corrected chi connectivity index (χ4v) is 2.60. The summed E-state index contributed by atoms with van der Waals surface area (Å²) >= 11 is 17.2. The second kappa shape index (κ2) is 14.3. The van der Waals surface area contributed by atoms with Gasteiger partial charge < -0.3 is 11.3 Å². The second-order valence-electron chi connectivity index (χ2n) is 6.93. The van der Waals surface area contributed by atoms with Gasteiger partial charge in [-0.15, -0.1) is 0 Å². The Labute approximate surface area is 241 Å². The van der Waals surface area contributed by atoms with Crippen molar-refractivity contribution in [3.8, 4) is 5.88 Å². The predicted octanol–water partition coefficient (Wildman–Crippen LogP) is 2.79. The van der Waals surface area contributed by atoms with Gasteiger partial charge in [0.25, 0.3) is 11.8 Å². The number of nitrogens with zero attached hydrogens (tertiary/aromatic N) is 6. The number of pyridine rings is 2. The standard InChI is InChI=1S/C10H8ClF2N3O.C7H3Cl2N3.C3H6F2O.Na.H/c1-10(12,13)5-17-7-4-15-8-6(16-7)2-3-14-9(8)11;8-5-3-11-6-4(12-5)1-2-10-7(6)9;1-3(4,5)2-6;;/h2-4H,5H2,1H3;1-3H;6H,2H2,1H3;;/q;;;+1;-1. The van der Waals surface area contributed by atoms with Gasteiger partial charge in [0, 0.05) is 26.2 Å². The van der Waals surface area contributed by atoms with E-state index in [0.29, 0.717) is 39.3 Å². The molecular weight excluding hydrogens is 562 g/mol. The molecule has 0 spiro atoms. The average Bonchev–Trinajstić information content (AvgIpc) is 2.78. The van der Waals surface area contributed by atoms with E-state index < -0.39 is 25.1 Å². The Morgan fingerprint density at radius 2 is 1.31 bits per heavy atom. The minimum atomic E-state index is -2.91. The van der Waals surface area contributed by atoms with Gasteiger partial charge in [0.05, 0.1) is 23.4 Å². The summed E-state index contributed by atoms with van der Waals surface area (Å²) in [6.45, 7) is -0.381. The van der Waals surface area contributed by atoms with Gasteiger partial charge in [0.15, 0.2) is 16.9 Å². The fourth-order valence-electron chi connectivity index (χ4n) is 2.06. The van der Waals surface area contributed by atoms with Crippen molar-refractivity contribution in [1.82, 2.24) is 29.9 Å². The van der Waals surface area contributed by atoms with Crippen LogP contribution >= 0.6 is 34.8 Å². The van der Waals surface area contributed by atoms with E-state index in [-0.39, 0.29) is 42.0 Å². The van der Waals surface area contributed by atoms with Crippen molar-refractivity contribution in [3.63, 3.8) is 0 Å². The molecule has 16 heteroatoms. The molecule has 8 nitrogen and oxygen atoms in total. The van der Waals surface area contributed by atoms with Crippen molar-refractivity contribution < 1.29 is 58.4 Å². The van der Waals surface area contributed by atoms with Crippen LogP contribution in [0.15, 0.2) is 36.9 Å². The van der Waals surface area contributed by atoms with Crippen LogP contribution in [-0.4, -0.2) is 60.1 Å². The molecule has 0 bridgehead atoms. The van der Waals surface area contributed by atoms with Crippen LogP contribution in [0.1, 0.15) is 15.3 Å². The van der Waals surface area contributed by atoms with Gasteiger partial charge in [-0.05, 0) is 12.1 Å². The van der Waals surface area contributed by atoms with Gasteiger partial charge in [-0.3, -0.25) is 0 Å². The Morgan fingerprint density at radius 3 is 1.78 bits per heavy atom. The Balaban J connectivity index is 0.000000569. The molecular formula is C20H18Cl3F4N6NaO2. The Morgan fingerprint density at radius 1 is 0.833 bits per heavy atom. The zero-order valence-corrected chi connectivity index (χ0v) is 23.3. The van der Waals surface area contributed by atoms with Gasteiger partial charge in [-0.2, -0.15) is 0 Å². The maximum Gasteiger partial charge on any atom is 1.00 e. The molecule has 0 radical (unpaired) electrons. The summed E-state index contributed by atoms with van der Waals surface area (Å²) in [7, 11) is 0. The predicted molar refractivity (Wildman–Crippen MR) is 125 cm³/mol. The van der Waals surface area contributed by atoms with Crippen molar-refractivity contribution >= 4 is 56.9 Å². The van der Waals surface area contributed by atoms with Gasteiger partial charge >= 0.3 is 29.6 Å². The maximum absolute atomic E-state index is 12.6. The number of hydrogen-bond acceptors (Lipinski definition) is 8. The number of hydrogen-bond donors (Lipinski definition) is 1. The van der Waals surface area contributed by atoms with Gasteiger partial charge in [-0.25, -0.2) is 47.5 Å². The molecule has 0 fully saturated rings. The van der Waals surface area contributed by atoms with Crippen molar-refractivity contribution in [3.05, 3.63) is 52.4 Å². The van der Waals surface area contributed by atoms with E-state index >= 15 is 0 Å². The summed E-state index contributed by atoms with van der Waals surface area (Å²) < 4.78 is 52.4. The number of ether oxygens (including phenoxy) is 1. The SMILES string of the molecule is CC(F)(F)CO.CC(F)(F)COc1cnc2c(Cl)nccc2n1.Clc1cnc2c(Cl)nccc2n1.[H-].[Na+]. The molecule has 4 aromatic rings. The quantitative estimate of drug-likeness (QED) is 0.224. The molecule has 0 saturated carbocycles. The van der Waals surface area contributed by atoms with Crippen LogP contribution in [0.25, 0.3) is 22.1 Å². The smallest absolute Gasteiger partial charge is 1.00 e. The summed E-state index contributed by atoms with van der Waals surface area (Å²) in [5.41, 5.74) is 2.08. The molecule has 4 rings (SSSR count). The monoisotopic (exact) mass is 578 g/mol. The fraction of sp³-hybridized carbons (Fsp3) is 0.300. The van der Waals surface area contributed by atoms with E-state index in [1.165, 1.54) is 18.6 Å². The Bertz CT molecular complexity index is 1290. The van der Waals surface area contributed by atoms with Crippen LogP contribution in [0.3, 0.4) is 0 Å². The van der Waals surface area contributed by atoms with Crippen molar-refractivity contribution in [2.75, 3.05) is 13.2 Å². The topological polar surface area (TPSA) is 107 Å². The van der Waals surface area contributed by atoms with Crippen molar-refractivity contribution in [1.29, 1.82) is 0 Å². The van der Waals surface area contributed by atoms with Crippen LogP contribution in [0.4, 0.5) is 17.6 Å². The van der Waals surface area contributed by atoms with Crippen LogP contribution in [0.2, 0.25) is 15.5 Å². The minimum Gasteiger partial charge on any atom is -1.00 e. The summed E-state index contributed by atoms with van der Waals surface area (Å²) in [5.74, 6) is -5.78. The van der Waals surface area contributed by atoms with Gasteiger partial charge in [-0.1, -0.05) is 34.8 Å². The first-order chi connectivity index (χ1) is 16.3. The molecule has 0 atom stereocenters. The number of fused-ring (bicyclic) bond motifs is 2. The third-order valence-corrected chi connectivity index (χ3v) is 4.27. The normalized spacial score (nSPS) is 11.1. The van der Waals surface area contributed by atoms with E-state index in [4.69, 9.17) is 44.6 Å².